The molecule has 0 radical (unpaired) electrons. The number of hydrogen-bond acceptors (Lipinski definition) is 5. The lowest BCUT2D eigenvalue weighted by Crippen LogP contribution is -2.39. The summed E-state index contributed by atoms with van der Waals surface area (Å²) >= 11 is 0. The number of carbonyl (C=O) groups excluding carboxylic acids is 3. The molecular weight excluding hydrogens is 310 g/mol. The van der Waals surface area contributed by atoms with Gasteiger partial charge in [-0.1, -0.05) is 13.8 Å². The van der Waals surface area contributed by atoms with E-state index in [0.29, 0.717) is 13.2 Å². The predicted molar refractivity (Wildman–Crippen MR) is 95.6 cm³/mol. The largest absolute Gasteiger partial charge is 0.358 e. The molecule has 1 aliphatic rings. The first kappa shape index (κ1) is 24.8. The zero-order valence-electron chi connectivity index (χ0n) is 16.0. The average Bonchev–Trinajstić information content (AvgIpc) is 2.90. The number of amides is 2. The fourth-order valence-electron chi connectivity index (χ4n) is 2.25. The number of nitrogens with one attached hydrogen (secondary N) is 2. The molecular formula is C17H35N3O4. The fraction of sp³-hybridized carbons (Fsp3) is 0.824. The third-order valence-electron chi connectivity index (χ3n) is 3.40. The van der Waals surface area contributed by atoms with Crippen molar-refractivity contribution in [3.05, 3.63) is 0 Å². The van der Waals surface area contributed by atoms with Gasteiger partial charge in [-0.25, -0.2) is 0 Å². The molecule has 7 nitrogen and oxygen atoms in total. The third kappa shape index (κ3) is 11.1. The highest BCUT2D eigenvalue weighted by molar-refractivity contribution is 5.78. The number of carbonyl (C=O) groups is 3. The Morgan fingerprint density at radius 1 is 1.33 bits per heavy atom. The van der Waals surface area contributed by atoms with Crippen LogP contribution in [0.5, 0.6) is 0 Å². The number of aldehydes is 1. The molecule has 1 aliphatic heterocycles. The van der Waals surface area contributed by atoms with Crippen LogP contribution in [0.3, 0.4) is 0 Å². The molecule has 2 amide bonds. The van der Waals surface area contributed by atoms with Crippen molar-refractivity contribution in [1.29, 1.82) is 0 Å². The van der Waals surface area contributed by atoms with Crippen LogP contribution in [0.1, 0.15) is 53.9 Å². The summed E-state index contributed by atoms with van der Waals surface area (Å²) in [5.41, 5.74) is 0. The van der Waals surface area contributed by atoms with Gasteiger partial charge < -0.3 is 25.1 Å². The highest BCUT2D eigenvalue weighted by atomic mass is 16.5. The molecule has 1 fully saturated rings. The number of nitrogens with zero attached hydrogens (tertiary/aromatic N) is 1. The van der Waals surface area contributed by atoms with Crippen molar-refractivity contribution in [2.24, 2.45) is 0 Å². The van der Waals surface area contributed by atoms with Gasteiger partial charge in [-0.2, -0.15) is 0 Å². The average molecular weight is 345 g/mol. The van der Waals surface area contributed by atoms with Crippen LogP contribution in [-0.4, -0.2) is 62.0 Å². The maximum absolute atomic E-state index is 11.3. The Balaban J connectivity index is 0. The van der Waals surface area contributed by atoms with Gasteiger partial charge in [0.2, 0.25) is 12.3 Å². The van der Waals surface area contributed by atoms with Gasteiger partial charge >= 0.3 is 0 Å². The molecule has 1 saturated heterocycles. The van der Waals surface area contributed by atoms with Crippen molar-refractivity contribution in [1.82, 2.24) is 15.5 Å². The summed E-state index contributed by atoms with van der Waals surface area (Å²) in [5.74, 6) is -0.0148. The van der Waals surface area contributed by atoms with Gasteiger partial charge in [0.15, 0.2) is 0 Å². The van der Waals surface area contributed by atoms with E-state index in [4.69, 9.17) is 9.53 Å². The Bertz CT molecular complexity index is 340. The Hall–Kier alpha value is -1.47. The second-order valence-corrected chi connectivity index (χ2v) is 5.33. The summed E-state index contributed by atoms with van der Waals surface area (Å²) in [5, 5.41) is 5.68. The van der Waals surface area contributed by atoms with Crippen LogP contribution in [-0.2, 0) is 19.1 Å². The minimum Gasteiger partial charge on any atom is -0.358 e. The Morgan fingerprint density at radius 2 is 1.92 bits per heavy atom. The number of hydrogen-bond donors (Lipinski definition) is 2. The van der Waals surface area contributed by atoms with Gasteiger partial charge in [-0.05, 0) is 47.1 Å². The molecule has 24 heavy (non-hydrogen) atoms. The topological polar surface area (TPSA) is 87.7 Å². The lowest BCUT2D eigenvalue weighted by molar-refractivity contribution is -0.131. The summed E-state index contributed by atoms with van der Waals surface area (Å²) in [4.78, 5) is 32.8. The van der Waals surface area contributed by atoms with Gasteiger partial charge in [-0.15, -0.1) is 0 Å². The van der Waals surface area contributed by atoms with Crippen LogP contribution in [0.4, 0.5) is 0 Å². The molecule has 3 atom stereocenters. The maximum Gasteiger partial charge on any atom is 0.234 e. The van der Waals surface area contributed by atoms with Gasteiger partial charge in [0.05, 0.1) is 13.2 Å². The summed E-state index contributed by atoms with van der Waals surface area (Å²) < 4.78 is 5.72. The maximum atomic E-state index is 11.3. The van der Waals surface area contributed by atoms with E-state index < -0.39 is 0 Å². The van der Waals surface area contributed by atoms with Crippen molar-refractivity contribution in [2.75, 3.05) is 20.2 Å². The van der Waals surface area contributed by atoms with E-state index in [2.05, 4.69) is 10.6 Å². The van der Waals surface area contributed by atoms with E-state index >= 15 is 0 Å². The molecule has 0 saturated carbocycles. The minimum atomic E-state index is -0.104. The molecule has 7 heteroatoms. The van der Waals surface area contributed by atoms with E-state index in [1.807, 2.05) is 27.7 Å². The molecule has 142 valence electrons. The lowest BCUT2D eigenvalue weighted by atomic mass is 10.2. The molecule has 1 rings (SSSR count). The van der Waals surface area contributed by atoms with Crippen LogP contribution in [0, 0.1) is 0 Å². The molecule has 0 aromatic carbocycles. The van der Waals surface area contributed by atoms with E-state index in [1.54, 1.807) is 11.9 Å². The number of rotatable bonds is 8. The Morgan fingerprint density at radius 3 is 2.42 bits per heavy atom. The van der Waals surface area contributed by atoms with Gasteiger partial charge in [0.25, 0.3) is 0 Å². The Kier molecular flexibility index (Phi) is 16.9. The second-order valence-electron chi connectivity index (χ2n) is 5.33. The molecule has 0 aliphatic carbocycles. The molecule has 1 heterocycles. The molecule has 0 aromatic heterocycles. The van der Waals surface area contributed by atoms with Crippen LogP contribution < -0.4 is 10.6 Å². The summed E-state index contributed by atoms with van der Waals surface area (Å²) in [6, 6.07) is 0.333. The standard InChI is InChI=1S/C13H25N3O3.C2H4O.C2H6/c1-10(15-12(18)8-14-3)6-7-19-13-5-4-11(2)16(13)9-17;1-2-3;1-2/h9-11,13-14H,4-8H2,1-3H3,(H,15,18);2H,1H3;1-2H3. The first-order chi connectivity index (χ1) is 11.5. The van der Waals surface area contributed by atoms with E-state index in [9.17, 15) is 9.59 Å². The number of ether oxygens (including phenoxy) is 1. The molecule has 2 N–H and O–H groups in total. The number of likely N-dealkylation sites (tertiary alicyclic amines) is 1. The quantitative estimate of drug-likeness (QED) is 0.648. The van der Waals surface area contributed by atoms with Crippen LogP contribution in [0.15, 0.2) is 0 Å². The van der Waals surface area contributed by atoms with Gasteiger partial charge in [0, 0.05) is 12.1 Å². The van der Waals surface area contributed by atoms with Gasteiger partial charge in [0.1, 0.15) is 12.5 Å². The fourth-order valence-corrected chi connectivity index (χ4v) is 2.25. The van der Waals surface area contributed by atoms with E-state index in [-0.39, 0.29) is 24.2 Å². The van der Waals surface area contributed by atoms with Crippen LogP contribution in [0.2, 0.25) is 0 Å². The molecule has 3 unspecified atom stereocenters. The zero-order valence-corrected chi connectivity index (χ0v) is 16.0. The van der Waals surface area contributed by atoms with E-state index in [1.165, 1.54) is 6.92 Å². The zero-order chi connectivity index (χ0) is 19.0. The normalized spacial score (nSPS) is 20.0. The van der Waals surface area contributed by atoms with Crippen molar-refractivity contribution in [2.45, 2.75) is 72.2 Å². The summed E-state index contributed by atoms with van der Waals surface area (Å²) in [6.45, 7) is 10.3. The highest BCUT2D eigenvalue weighted by Gasteiger charge is 2.29. The first-order valence-corrected chi connectivity index (χ1v) is 8.68. The highest BCUT2D eigenvalue weighted by Crippen LogP contribution is 2.22. The van der Waals surface area contributed by atoms with E-state index in [0.717, 1.165) is 32.0 Å². The van der Waals surface area contributed by atoms with Crippen LogP contribution >= 0.6 is 0 Å². The van der Waals surface area contributed by atoms with Crippen LogP contribution in [0.25, 0.3) is 0 Å². The summed E-state index contributed by atoms with van der Waals surface area (Å²) in [7, 11) is 1.74. The molecule has 0 aromatic rings. The smallest absolute Gasteiger partial charge is 0.234 e. The predicted octanol–water partition coefficient (Wildman–Crippen LogP) is 1.32. The van der Waals surface area contributed by atoms with Crippen molar-refractivity contribution >= 4 is 18.6 Å². The van der Waals surface area contributed by atoms with Gasteiger partial charge in [-0.3, -0.25) is 9.59 Å². The number of likely N-dealkylation sites (N-methyl/N-ethyl adjacent to an activating group) is 1. The van der Waals surface area contributed by atoms with Crippen molar-refractivity contribution in [3.63, 3.8) is 0 Å². The minimum absolute atomic E-state index is 0.0148. The molecule has 0 bridgehead atoms. The first-order valence-electron chi connectivity index (χ1n) is 8.68. The Labute approximate surface area is 146 Å². The third-order valence-corrected chi connectivity index (χ3v) is 3.40. The monoisotopic (exact) mass is 345 g/mol. The molecule has 0 spiro atoms. The van der Waals surface area contributed by atoms with Crippen molar-refractivity contribution in [3.8, 4) is 0 Å². The summed E-state index contributed by atoms with van der Waals surface area (Å²) in [6.07, 6.45) is 4.12. The SMILES string of the molecule is CC.CC=O.CNCC(=O)NC(C)CCOC1CCC(C)N1C=O. The second kappa shape index (κ2) is 16.4. The lowest BCUT2D eigenvalue weighted by Gasteiger charge is -2.24. The van der Waals surface area contributed by atoms with Crippen molar-refractivity contribution < 1.29 is 19.1 Å².